The molecule has 0 bridgehead atoms. The summed E-state index contributed by atoms with van der Waals surface area (Å²) in [5.41, 5.74) is 11.1. The maximum Gasteiger partial charge on any atom is 0.231 e. The van der Waals surface area contributed by atoms with Gasteiger partial charge in [0.25, 0.3) is 0 Å². The van der Waals surface area contributed by atoms with Crippen LogP contribution in [0.25, 0.3) is 0 Å². The van der Waals surface area contributed by atoms with E-state index in [1.807, 2.05) is 0 Å². The Morgan fingerprint density at radius 1 is 1.47 bits per heavy atom. The van der Waals surface area contributed by atoms with Crippen molar-refractivity contribution in [2.24, 2.45) is 11.5 Å². The molecule has 1 aromatic carbocycles. The Morgan fingerprint density at radius 3 is 2.65 bits per heavy atom. The van der Waals surface area contributed by atoms with Gasteiger partial charge in [0, 0.05) is 17.7 Å². The van der Waals surface area contributed by atoms with Crippen LogP contribution in [-0.2, 0) is 11.3 Å². The van der Waals surface area contributed by atoms with Crippen LogP contribution in [0.1, 0.15) is 11.1 Å². The second kappa shape index (κ2) is 5.70. The molecule has 92 valence electrons. The number of benzene rings is 1. The number of carbonyl (C=O) groups excluding carboxylic acids is 1. The average molecular weight is 255 g/mol. The van der Waals surface area contributed by atoms with Crippen molar-refractivity contribution in [2.75, 3.05) is 13.6 Å². The summed E-state index contributed by atoms with van der Waals surface area (Å²) in [5, 5.41) is 0. The zero-order valence-corrected chi connectivity index (χ0v) is 10.3. The number of halogens is 1. The summed E-state index contributed by atoms with van der Waals surface area (Å²) >= 11 is 4.74. The van der Waals surface area contributed by atoms with E-state index >= 15 is 0 Å². The Kier molecular flexibility index (Phi) is 4.53. The SMILES string of the molecule is CN(CC(N)=O)Cc1cccc(C(N)=S)c1F. The summed E-state index contributed by atoms with van der Waals surface area (Å²) in [6.45, 7) is 0.335. The molecule has 0 spiro atoms. The smallest absolute Gasteiger partial charge is 0.231 e. The van der Waals surface area contributed by atoms with Crippen molar-refractivity contribution in [1.29, 1.82) is 0 Å². The Balaban J connectivity index is 2.88. The van der Waals surface area contributed by atoms with Gasteiger partial charge in [0.1, 0.15) is 10.8 Å². The van der Waals surface area contributed by atoms with Crippen LogP contribution in [0.15, 0.2) is 18.2 Å². The number of carbonyl (C=O) groups is 1. The molecule has 0 radical (unpaired) electrons. The van der Waals surface area contributed by atoms with Gasteiger partial charge in [-0.25, -0.2) is 4.39 Å². The molecule has 6 heteroatoms. The number of amides is 1. The molecule has 4 N–H and O–H groups in total. The number of primary amides is 1. The number of hydrogen-bond acceptors (Lipinski definition) is 3. The minimum Gasteiger partial charge on any atom is -0.389 e. The molecule has 1 rings (SSSR count). The average Bonchev–Trinajstić information content (AvgIpc) is 2.19. The molecule has 0 aromatic heterocycles. The number of nitrogens with two attached hydrogens (primary N) is 2. The van der Waals surface area contributed by atoms with Gasteiger partial charge in [0.2, 0.25) is 5.91 Å². The van der Waals surface area contributed by atoms with Gasteiger partial charge >= 0.3 is 0 Å². The van der Waals surface area contributed by atoms with E-state index in [0.717, 1.165) is 0 Å². The van der Waals surface area contributed by atoms with Crippen LogP contribution in [0.4, 0.5) is 4.39 Å². The van der Waals surface area contributed by atoms with Crippen LogP contribution in [0.3, 0.4) is 0 Å². The standard InChI is InChI=1S/C11H14FN3OS/c1-15(6-9(13)16)5-7-3-2-4-8(10(7)12)11(14)17/h2-4H,5-6H2,1H3,(H2,13,16)(H2,14,17). The van der Waals surface area contributed by atoms with Crippen molar-refractivity contribution < 1.29 is 9.18 Å². The summed E-state index contributed by atoms with van der Waals surface area (Å²) in [4.78, 5) is 12.3. The Bertz CT molecular complexity index is 450. The van der Waals surface area contributed by atoms with Gasteiger partial charge in [0.05, 0.1) is 6.54 Å². The predicted molar refractivity (Wildman–Crippen MR) is 67.8 cm³/mol. The molecular weight excluding hydrogens is 241 g/mol. The highest BCUT2D eigenvalue weighted by molar-refractivity contribution is 7.80. The molecule has 0 unspecified atom stereocenters. The molecule has 0 heterocycles. The lowest BCUT2D eigenvalue weighted by atomic mass is 10.1. The minimum absolute atomic E-state index is 0.0157. The molecule has 1 aromatic rings. The lowest BCUT2D eigenvalue weighted by Crippen LogP contribution is -2.30. The van der Waals surface area contributed by atoms with Gasteiger partial charge in [-0.15, -0.1) is 0 Å². The lowest BCUT2D eigenvalue weighted by molar-refractivity contribution is -0.118. The van der Waals surface area contributed by atoms with Crippen molar-refractivity contribution in [3.8, 4) is 0 Å². The van der Waals surface area contributed by atoms with Crippen LogP contribution < -0.4 is 11.5 Å². The van der Waals surface area contributed by atoms with E-state index in [9.17, 15) is 9.18 Å². The summed E-state index contributed by atoms with van der Waals surface area (Å²) in [6.07, 6.45) is 0. The topological polar surface area (TPSA) is 72.3 Å². The molecule has 4 nitrogen and oxygen atoms in total. The van der Waals surface area contributed by atoms with Crippen LogP contribution in [0, 0.1) is 5.82 Å². The lowest BCUT2D eigenvalue weighted by Gasteiger charge is -2.15. The third-order valence-electron chi connectivity index (χ3n) is 2.21. The molecule has 0 saturated carbocycles. The van der Waals surface area contributed by atoms with Crippen LogP contribution >= 0.6 is 12.2 Å². The van der Waals surface area contributed by atoms with E-state index in [0.29, 0.717) is 5.56 Å². The number of rotatable bonds is 5. The van der Waals surface area contributed by atoms with Crippen molar-refractivity contribution >= 4 is 23.1 Å². The van der Waals surface area contributed by atoms with E-state index in [2.05, 4.69) is 0 Å². The van der Waals surface area contributed by atoms with Gasteiger partial charge in [-0.3, -0.25) is 9.69 Å². The molecule has 0 atom stereocenters. The molecule has 0 aliphatic heterocycles. The maximum atomic E-state index is 13.9. The molecule has 0 fully saturated rings. The largest absolute Gasteiger partial charge is 0.389 e. The highest BCUT2D eigenvalue weighted by Crippen LogP contribution is 2.14. The summed E-state index contributed by atoms with van der Waals surface area (Å²) in [7, 11) is 1.68. The summed E-state index contributed by atoms with van der Waals surface area (Å²) < 4.78 is 13.9. The second-order valence-corrected chi connectivity index (χ2v) is 4.22. The summed E-state index contributed by atoms with van der Waals surface area (Å²) in [5.74, 6) is -0.908. The van der Waals surface area contributed by atoms with Gasteiger partial charge < -0.3 is 11.5 Å². The van der Waals surface area contributed by atoms with E-state index in [4.69, 9.17) is 23.7 Å². The monoisotopic (exact) mass is 255 g/mol. The van der Waals surface area contributed by atoms with Gasteiger partial charge in [0.15, 0.2) is 0 Å². The highest BCUT2D eigenvalue weighted by Gasteiger charge is 2.12. The third-order valence-corrected chi connectivity index (χ3v) is 2.43. The predicted octanol–water partition coefficient (Wildman–Crippen LogP) is 0.377. The first kappa shape index (κ1) is 13.5. The van der Waals surface area contributed by atoms with E-state index in [-0.39, 0.29) is 23.6 Å². The van der Waals surface area contributed by atoms with Crippen molar-refractivity contribution in [2.45, 2.75) is 6.54 Å². The number of likely N-dealkylation sites (N-methyl/N-ethyl adjacent to an activating group) is 1. The van der Waals surface area contributed by atoms with Crippen LogP contribution in [0.5, 0.6) is 0 Å². The quantitative estimate of drug-likeness (QED) is 0.746. The number of nitrogens with zero attached hydrogens (tertiary/aromatic N) is 1. The van der Waals surface area contributed by atoms with E-state index in [1.54, 1.807) is 24.1 Å². The zero-order chi connectivity index (χ0) is 13.0. The van der Waals surface area contributed by atoms with Crippen LogP contribution in [0.2, 0.25) is 0 Å². The number of thiocarbonyl (C=S) groups is 1. The third kappa shape index (κ3) is 3.76. The first-order chi connectivity index (χ1) is 7.91. The normalized spacial score (nSPS) is 10.5. The minimum atomic E-state index is -0.460. The first-order valence-corrected chi connectivity index (χ1v) is 5.36. The fourth-order valence-corrected chi connectivity index (χ4v) is 1.66. The highest BCUT2D eigenvalue weighted by atomic mass is 32.1. The number of hydrogen-bond donors (Lipinski definition) is 2. The Labute approximate surface area is 104 Å². The molecule has 0 aliphatic rings. The molecule has 17 heavy (non-hydrogen) atoms. The zero-order valence-electron chi connectivity index (χ0n) is 9.44. The Morgan fingerprint density at radius 2 is 2.12 bits per heavy atom. The maximum absolute atomic E-state index is 13.9. The van der Waals surface area contributed by atoms with Crippen molar-refractivity contribution in [1.82, 2.24) is 4.90 Å². The summed E-state index contributed by atoms with van der Waals surface area (Å²) in [6, 6.07) is 4.81. The van der Waals surface area contributed by atoms with Gasteiger partial charge in [-0.2, -0.15) is 0 Å². The van der Waals surface area contributed by atoms with Gasteiger partial charge in [-0.1, -0.05) is 24.4 Å². The molecular formula is C11H14FN3OS. The van der Waals surface area contributed by atoms with Crippen molar-refractivity contribution in [3.63, 3.8) is 0 Å². The van der Waals surface area contributed by atoms with E-state index < -0.39 is 11.7 Å². The first-order valence-electron chi connectivity index (χ1n) is 4.96. The Hall–Kier alpha value is -1.53. The second-order valence-electron chi connectivity index (χ2n) is 3.78. The van der Waals surface area contributed by atoms with Gasteiger partial charge in [-0.05, 0) is 13.1 Å². The fourth-order valence-electron chi connectivity index (χ4n) is 1.50. The van der Waals surface area contributed by atoms with E-state index in [1.165, 1.54) is 6.07 Å². The molecule has 0 saturated heterocycles. The molecule has 0 aliphatic carbocycles. The fraction of sp³-hybridized carbons (Fsp3) is 0.273. The van der Waals surface area contributed by atoms with Crippen molar-refractivity contribution in [3.05, 3.63) is 35.1 Å². The molecule has 1 amide bonds. The van der Waals surface area contributed by atoms with Crippen LogP contribution in [-0.4, -0.2) is 29.4 Å².